The lowest BCUT2D eigenvalue weighted by Gasteiger charge is -2.17. The Labute approximate surface area is 180 Å². The van der Waals surface area contributed by atoms with Crippen LogP contribution in [0.25, 0.3) is 21.9 Å². The molecule has 7 nitrogen and oxygen atoms in total. The number of aliphatic hydroxyl groups excluding tert-OH is 1. The first-order valence-electron chi connectivity index (χ1n) is 11.2. The summed E-state index contributed by atoms with van der Waals surface area (Å²) < 4.78 is 2.42. The predicted molar refractivity (Wildman–Crippen MR) is 123 cm³/mol. The van der Waals surface area contributed by atoms with E-state index >= 15 is 0 Å². The maximum atomic E-state index is 9.76. The van der Waals surface area contributed by atoms with Crippen molar-refractivity contribution < 1.29 is 5.11 Å². The molecule has 0 unspecified atom stereocenters. The van der Waals surface area contributed by atoms with Crippen LogP contribution in [0.5, 0.6) is 0 Å². The molecule has 0 spiro atoms. The third-order valence-electron chi connectivity index (χ3n) is 6.66. The highest BCUT2D eigenvalue weighted by atomic mass is 16.3. The lowest BCUT2D eigenvalue weighted by atomic mass is 10.2. The normalized spacial score (nSPS) is 19.6. The van der Waals surface area contributed by atoms with Gasteiger partial charge < -0.3 is 19.9 Å². The molecule has 1 saturated carbocycles. The van der Waals surface area contributed by atoms with Crippen LogP contribution in [0.2, 0.25) is 0 Å². The van der Waals surface area contributed by atoms with Crippen molar-refractivity contribution in [3.05, 3.63) is 48.8 Å². The molecule has 0 bridgehead atoms. The lowest BCUT2D eigenvalue weighted by Crippen LogP contribution is -2.21. The number of para-hydroxylation sites is 1. The summed E-state index contributed by atoms with van der Waals surface area (Å²) in [4.78, 5) is 16.2. The quantitative estimate of drug-likeness (QED) is 0.515. The summed E-state index contributed by atoms with van der Waals surface area (Å²) in [5.41, 5.74) is 3.26. The van der Waals surface area contributed by atoms with E-state index in [1.165, 1.54) is 36.6 Å². The molecule has 1 aliphatic heterocycles. The van der Waals surface area contributed by atoms with E-state index in [0.717, 1.165) is 29.7 Å². The van der Waals surface area contributed by atoms with Gasteiger partial charge in [0.05, 0.1) is 23.5 Å². The maximum absolute atomic E-state index is 9.76. The summed E-state index contributed by atoms with van der Waals surface area (Å²) in [6.07, 6.45) is 9.29. The third kappa shape index (κ3) is 3.29. The first-order valence-corrected chi connectivity index (χ1v) is 11.2. The van der Waals surface area contributed by atoms with E-state index in [2.05, 4.69) is 49.0 Å². The van der Waals surface area contributed by atoms with Crippen LogP contribution in [0.15, 0.2) is 48.8 Å². The van der Waals surface area contributed by atoms with Crippen molar-refractivity contribution in [3.8, 4) is 0 Å². The number of hydrogen-bond donors (Lipinski definition) is 2. The van der Waals surface area contributed by atoms with Crippen molar-refractivity contribution in [2.75, 3.05) is 23.3 Å². The monoisotopic (exact) mass is 414 g/mol. The number of anilines is 3. The van der Waals surface area contributed by atoms with Crippen molar-refractivity contribution in [3.63, 3.8) is 0 Å². The first kappa shape index (κ1) is 18.6. The van der Waals surface area contributed by atoms with Crippen molar-refractivity contribution in [1.82, 2.24) is 19.5 Å². The molecule has 3 aromatic heterocycles. The van der Waals surface area contributed by atoms with Gasteiger partial charge in [-0.1, -0.05) is 31.0 Å². The van der Waals surface area contributed by atoms with Gasteiger partial charge in [-0.3, -0.25) is 0 Å². The van der Waals surface area contributed by atoms with Crippen LogP contribution in [0, 0.1) is 0 Å². The largest absolute Gasteiger partial charge is 0.391 e. The van der Waals surface area contributed by atoms with Crippen LogP contribution < -0.4 is 10.2 Å². The van der Waals surface area contributed by atoms with Crippen molar-refractivity contribution in [2.24, 2.45) is 0 Å². The molecular formula is C24H26N6O. The van der Waals surface area contributed by atoms with Crippen LogP contribution in [-0.2, 0) is 0 Å². The van der Waals surface area contributed by atoms with Gasteiger partial charge in [0.15, 0.2) is 0 Å². The fourth-order valence-electron chi connectivity index (χ4n) is 5.10. The predicted octanol–water partition coefficient (Wildman–Crippen LogP) is 4.41. The van der Waals surface area contributed by atoms with E-state index < -0.39 is 0 Å². The second-order valence-corrected chi connectivity index (χ2v) is 8.67. The number of hydrogen-bond acceptors (Lipinski definition) is 6. The summed E-state index contributed by atoms with van der Waals surface area (Å²) in [6, 6.07) is 13.0. The molecule has 4 aromatic rings. The number of β-amino-alcohol motifs (C(OH)–C–C–N with tert-alkyl or cyclic N) is 1. The molecule has 6 rings (SSSR count). The van der Waals surface area contributed by atoms with E-state index in [1.807, 2.05) is 24.5 Å². The Morgan fingerprint density at radius 2 is 1.81 bits per heavy atom. The number of pyridine rings is 1. The summed E-state index contributed by atoms with van der Waals surface area (Å²) in [6.45, 7) is 1.53. The van der Waals surface area contributed by atoms with E-state index in [0.29, 0.717) is 24.4 Å². The van der Waals surface area contributed by atoms with Gasteiger partial charge >= 0.3 is 0 Å². The standard InChI is InChI=1S/C24H26N6O/c31-18-11-12-29(15-18)17-9-10-22(25-13-17)27-24-26-14-20-19-7-3-4-8-21(19)30(23(20)28-24)16-5-1-2-6-16/h3-4,7-10,13-14,16,18,31H,1-2,5-6,11-12,15H2,(H,25,26,27,28)/t18-/m1/s1. The van der Waals surface area contributed by atoms with Crippen LogP contribution in [-0.4, -0.2) is 43.8 Å². The van der Waals surface area contributed by atoms with Crippen molar-refractivity contribution in [1.29, 1.82) is 0 Å². The van der Waals surface area contributed by atoms with Gasteiger partial charge in [0.2, 0.25) is 5.95 Å². The summed E-state index contributed by atoms with van der Waals surface area (Å²) in [7, 11) is 0. The minimum atomic E-state index is -0.246. The van der Waals surface area contributed by atoms with Gasteiger partial charge in [0, 0.05) is 36.1 Å². The van der Waals surface area contributed by atoms with Gasteiger partial charge in [-0.15, -0.1) is 0 Å². The van der Waals surface area contributed by atoms with E-state index in [-0.39, 0.29) is 6.10 Å². The van der Waals surface area contributed by atoms with E-state index in [4.69, 9.17) is 4.98 Å². The Morgan fingerprint density at radius 1 is 0.935 bits per heavy atom. The van der Waals surface area contributed by atoms with E-state index in [1.54, 1.807) is 0 Å². The molecule has 31 heavy (non-hydrogen) atoms. The zero-order chi connectivity index (χ0) is 20.8. The zero-order valence-corrected chi connectivity index (χ0v) is 17.4. The van der Waals surface area contributed by atoms with E-state index in [9.17, 15) is 5.11 Å². The van der Waals surface area contributed by atoms with Gasteiger partial charge in [0.1, 0.15) is 11.5 Å². The Bertz CT molecular complexity index is 1230. The summed E-state index contributed by atoms with van der Waals surface area (Å²) in [5, 5.41) is 15.3. The fraction of sp³-hybridized carbons (Fsp3) is 0.375. The van der Waals surface area contributed by atoms with Crippen molar-refractivity contribution >= 4 is 39.4 Å². The second kappa shape index (κ2) is 7.50. The molecule has 4 heterocycles. The smallest absolute Gasteiger partial charge is 0.230 e. The SMILES string of the molecule is O[C@@H]1CCN(c2ccc(Nc3ncc4c5ccccc5n(C5CCCC5)c4n3)nc2)C1. The third-order valence-corrected chi connectivity index (χ3v) is 6.66. The fourth-order valence-corrected chi connectivity index (χ4v) is 5.10. The number of benzene rings is 1. The summed E-state index contributed by atoms with van der Waals surface area (Å²) in [5.74, 6) is 1.28. The molecule has 7 heteroatoms. The Balaban J connectivity index is 1.33. The molecule has 2 N–H and O–H groups in total. The van der Waals surface area contributed by atoms with Gasteiger partial charge in [-0.25, -0.2) is 9.97 Å². The number of aromatic nitrogens is 4. The Kier molecular flexibility index (Phi) is 4.49. The molecular weight excluding hydrogens is 388 g/mol. The van der Waals surface area contributed by atoms with Crippen LogP contribution >= 0.6 is 0 Å². The Hall–Kier alpha value is -3.19. The molecule has 1 saturated heterocycles. The molecule has 2 aliphatic rings. The minimum Gasteiger partial charge on any atom is -0.391 e. The molecule has 1 aromatic carbocycles. The van der Waals surface area contributed by atoms with Crippen LogP contribution in [0.3, 0.4) is 0 Å². The molecule has 1 atom stereocenters. The second-order valence-electron chi connectivity index (χ2n) is 8.67. The zero-order valence-electron chi connectivity index (χ0n) is 17.4. The van der Waals surface area contributed by atoms with Gasteiger partial charge in [-0.05, 0) is 37.5 Å². The number of rotatable bonds is 4. The van der Waals surface area contributed by atoms with Crippen molar-refractivity contribution in [2.45, 2.75) is 44.2 Å². The minimum absolute atomic E-state index is 0.246. The number of nitrogens with one attached hydrogen (secondary N) is 1. The molecule has 158 valence electrons. The topological polar surface area (TPSA) is 79.1 Å². The highest BCUT2D eigenvalue weighted by Crippen LogP contribution is 2.37. The maximum Gasteiger partial charge on any atom is 0.230 e. The number of nitrogens with zero attached hydrogens (tertiary/aromatic N) is 5. The molecule has 2 fully saturated rings. The summed E-state index contributed by atoms with van der Waals surface area (Å²) >= 11 is 0. The highest BCUT2D eigenvalue weighted by molar-refractivity contribution is 6.06. The molecule has 1 aliphatic carbocycles. The van der Waals surface area contributed by atoms with Crippen LogP contribution in [0.4, 0.5) is 17.5 Å². The average Bonchev–Trinajstić information content (AvgIpc) is 3.53. The average molecular weight is 415 g/mol. The number of fused-ring (bicyclic) bond motifs is 3. The first-order chi connectivity index (χ1) is 15.3. The van der Waals surface area contributed by atoms with Gasteiger partial charge in [0.25, 0.3) is 0 Å². The van der Waals surface area contributed by atoms with Gasteiger partial charge in [-0.2, -0.15) is 4.98 Å². The Morgan fingerprint density at radius 3 is 2.58 bits per heavy atom. The molecule has 0 radical (unpaired) electrons. The number of aliphatic hydroxyl groups is 1. The molecule has 0 amide bonds. The lowest BCUT2D eigenvalue weighted by molar-refractivity contribution is 0.198. The highest BCUT2D eigenvalue weighted by Gasteiger charge is 2.23. The van der Waals surface area contributed by atoms with Crippen LogP contribution in [0.1, 0.15) is 38.1 Å².